The average molecular weight is 314 g/mol. The Morgan fingerprint density at radius 1 is 1.00 bits per heavy atom. The number of nitrogens with zero attached hydrogens (tertiary/aromatic N) is 1. The van der Waals surface area contributed by atoms with Crippen LogP contribution in [0.1, 0.15) is 41.0 Å². The number of benzene rings is 2. The zero-order valence-electron chi connectivity index (χ0n) is 13.5. The summed E-state index contributed by atoms with van der Waals surface area (Å²) in [7, 11) is 4.29. The lowest BCUT2D eigenvalue weighted by Gasteiger charge is -2.21. The van der Waals surface area contributed by atoms with Crippen LogP contribution in [0.5, 0.6) is 0 Å². The molecule has 0 saturated carbocycles. The Bertz CT molecular complexity index is 648. The summed E-state index contributed by atoms with van der Waals surface area (Å²) in [6.07, 6.45) is 4.54. The topological polar surface area (TPSA) is 3.24 Å². The maximum atomic E-state index is 6.50. The minimum absolute atomic E-state index is 0.479. The summed E-state index contributed by atoms with van der Waals surface area (Å²) in [5, 5.41) is 0.933. The molecular formula is C20H24ClN. The molecule has 1 aliphatic carbocycles. The average Bonchev–Trinajstić information content (AvgIpc) is 2.66. The van der Waals surface area contributed by atoms with Gasteiger partial charge in [-0.15, -0.1) is 0 Å². The molecule has 3 rings (SSSR count). The fourth-order valence-corrected chi connectivity index (χ4v) is 3.89. The van der Waals surface area contributed by atoms with Crippen LogP contribution in [0.2, 0.25) is 5.02 Å². The third-order valence-electron chi connectivity index (χ3n) is 4.70. The molecule has 22 heavy (non-hydrogen) atoms. The van der Waals surface area contributed by atoms with E-state index in [1.54, 1.807) is 0 Å². The van der Waals surface area contributed by atoms with Gasteiger partial charge < -0.3 is 4.90 Å². The highest BCUT2D eigenvalue weighted by Gasteiger charge is 2.24. The number of hydrogen-bond acceptors (Lipinski definition) is 1. The van der Waals surface area contributed by atoms with E-state index in [0.29, 0.717) is 5.92 Å². The van der Waals surface area contributed by atoms with Gasteiger partial charge in [-0.1, -0.05) is 48.0 Å². The number of aryl methyl sites for hydroxylation is 1. The summed E-state index contributed by atoms with van der Waals surface area (Å²) in [6, 6.07) is 15.4. The van der Waals surface area contributed by atoms with Crippen molar-refractivity contribution in [2.45, 2.75) is 31.6 Å². The van der Waals surface area contributed by atoms with E-state index in [1.165, 1.54) is 35.1 Å². The Balaban J connectivity index is 1.99. The summed E-state index contributed by atoms with van der Waals surface area (Å²) in [4.78, 5) is 2.27. The van der Waals surface area contributed by atoms with Gasteiger partial charge in [0.2, 0.25) is 0 Å². The first kappa shape index (κ1) is 15.6. The molecule has 0 aliphatic heterocycles. The van der Waals surface area contributed by atoms with Gasteiger partial charge >= 0.3 is 0 Å². The van der Waals surface area contributed by atoms with E-state index in [9.17, 15) is 0 Å². The molecule has 116 valence electrons. The van der Waals surface area contributed by atoms with Crippen LogP contribution in [-0.2, 0) is 12.8 Å². The summed E-state index contributed by atoms with van der Waals surface area (Å²) in [5.74, 6) is 0.479. The Hall–Kier alpha value is -1.31. The lowest BCUT2D eigenvalue weighted by Crippen LogP contribution is -2.14. The van der Waals surface area contributed by atoms with E-state index in [1.807, 2.05) is 6.07 Å². The highest BCUT2D eigenvalue weighted by molar-refractivity contribution is 6.31. The van der Waals surface area contributed by atoms with E-state index in [-0.39, 0.29) is 0 Å². The Morgan fingerprint density at radius 2 is 1.77 bits per heavy atom. The smallest absolute Gasteiger partial charge is 0.0441 e. The van der Waals surface area contributed by atoms with E-state index >= 15 is 0 Å². The molecule has 0 heterocycles. The molecule has 1 nitrogen and oxygen atoms in total. The van der Waals surface area contributed by atoms with Crippen LogP contribution >= 0.6 is 11.6 Å². The molecule has 0 N–H and O–H groups in total. The fourth-order valence-electron chi connectivity index (χ4n) is 3.62. The van der Waals surface area contributed by atoms with Crippen LogP contribution in [0, 0.1) is 0 Å². The lowest BCUT2D eigenvalue weighted by molar-refractivity contribution is 0.389. The first-order valence-corrected chi connectivity index (χ1v) is 8.54. The van der Waals surface area contributed by atoms with Crippen molar-refractivity contribution >= 4 is 11.6 Å². The molecule has 0 aromatic heterocycles. The fraction of sp³-hybridized carbons (Fsp3) is 0.400. The second-order valence-electron chi connectivity index (χ2n) is 6.50. The Labute approximate surface area is 138 Å². The van der Waals surface area contributed by atoms with Gasteiger partial charge in [0, 0.05) is 10.9 Å². The number of fused-ring (bicyclic) bond motifs is 2. The zero-order chi connectivity index (χ0) is 15.5. The zero-order valence-corrected chi connectivity index (χ0v) is 14.2. The predicted molar refractivity (Wildman–Crippen MR) is 94.9 cm³/mol. The molecule has 2 heteroatoms. The minimum atomic E-state index is 0.479. The number of hydrogen-bond donors (Lipinski definition) is 0. The molecular weight excluding hydrogens is 290 g/mol. The highest BCUT2D eigenvalue weighted by atomic mass is 35.5. The van der Waals surface area contributed by atoms with Crippen molar-refractivity contribution in [1.29, 1.82) is 0 Å². The second-order valence-corrected chi connectivity index (χ2v) is 6.91. The van der Waals surface area contributed by atoms with Crippen LogP contribution in [0.15, 0.2) is 42.5 Å². The molecule has 0 amide bonds. The van der Waals surface area contributed by atoms with Gasteiger partial charge in [-0.25, -0.2) is 0 Å². The SMILES string of the molecule is CN(C)CCCC1c2ccccc2CCc2c(Cl)cccc21. The van der Waals surface area contributed by atoms with Crippen molar-refractivity contribution in [2.75, 3.05) is 20.6 Å². The minimum Gasteiger partial charge on any atom is -0.309 e. The molecule has 0 radical (unpaired) electrons. The third kappa shape index (κ3) is 3.21. The predicted octanol–water partition coefficient (Wildman–Crippen LogP) is 4.91. The van der Waals surface area contributed by atoms with Crippen LogP contribution in [-0.4, -0.2) is 25.5 Å². The van der Waals surface area contributed by atoms with E-state index in [2.05, 4.69) is 55.4 Å². The van der Waals surface area contributed by atoms with Gasteiger partial charge in [-0.3, -0.25) is 0 Å². The molecule has 0 fully saturated rings. The summed E-state index contributed by atoms with van der Waals surface area (Å²) in [6.45, 7) is 1.13. The molecule has 2 aromatic carbocycles. The van der Waals surface area contributed by atoms with Crippen molar-refractivity contribution in [3.63, 3.8) is 0 Å². The molecule has 0 saturated heterocycles. The van der Waals surface area contributed by atoms with E-state index in [0.717, 1.165) is 24.4 Å². The van der Waals surface area contributed by atoms with Crippen LogP contribution < -0.4 is 0 Å². The first-order valence-electron chi connectivity index (χ1n) is 8.16. The number of rotatable bonds is 4. The third-order valence-corrected chi connectivity index (χ3v) is 5.06. The lowest BCUT2D eigenvalue weighted by atomic mass is 9.85. The molecule has 1 aliphatic rings. The van der Waals surface area contributed by atoms with Gasteiger partial charge in [0.25, 0.3) is 0 Å². The molecule has 1 unspecified atom stereocenters. The van der Waals surface area contributed by atoms with Gasteiger partial charge in [0.15, 0.2) is 0 Å². The monoisotopic (exact) mass is 313 g/mol. The normalized spacial score (nSPS) is 17.0. The Kier molecular flexibility index (Phi) is 4.85. The van der Waals surface area contributed by atoms with Crippen molar-refractivity contribution < 1.29 is 0 Å². The number of halogens is 1. The maximum Gasteiger partial charge on any atom is 0.0441 e. The molecule has 2 aromatic rings. The second kappa shape index (κ2) is 6.85. The van der Waals surface area contributed by atoms with Gasteiger partial charge in [-0.05, 0) is 74.6 Å². The Morgan fingerprint density at radius 3 is 2.59 bits per heavy atom. The standard InChI is InChI=1S/C20H24ClN/c1-22(2)14-6-10-17-16-8-4-3-7-15(16)12-13-19-18(17)9-5-11-20(19)21/h3-5,7-9,11,17H,6,10,12-14H2,1-2H3. The summed E-state index contributed by atoms with van der Waals surface area (Å²) in [5.41, 5.74) is 5.79. The van der Waals surface area contributed by atoms with E-state index < -0.39 is 0 Å². The largest absolute Gasteiger partial charge is 0.309 e. The van der Waals surface area contributed by atoms with Crippen molar-refractivity contribution in [3.8, 4) is 0 Å². The van der Waals surface area contributed by atoms with Crippen LogP contribution in [0.25, 0.3) is 0 Å². The van der Waals surface area contributed by atoms with Gasteiger partial charge in [0.05, 0.1) is 0 Å². The van der Waals surface area contributed by atoms with Crippen molar-refractivity contribution in [3.05, 3.63) is 69.7 Å². The first-order chi connectivity index (χ1) is 10.7. The molecule has 0 bridgehead atoms. The molecule has 1 atom stereocenters. The van der Waals surface area contributed by atoms with Crippen molar-refractivity contribution in [1.82, 2.24) is 4.90 Å². The highest BCUT2D eigenvalue weighted by Crippen LogP contribution is 2.39. The summed E-state index contributed by atoms with van der Waals surface area (Å²) < 4.78 is 0. The van der Waals surface area contributed by atoms with Crippen molar-refractivity contribution in [2.24, 2.45) is 0 Å². The van der Waals surface area contributed by atoms with Crippen LogP contribution in [0.3, 0.4) is 0 Å². The summed E-state index contributed by atoms with van der Waals surface area (Å²) >= 11 is 6.50. The maximum absolute atomic E-state index is 6.50. The van der Waals surface area contributed by atoms with Gasteiger partial charge in [0.1, 0.15) is 0 Å². The van der Waals surface area contributed by atoms with Crippen LogP contribution in [0.4, 0.5) is 0 Å². The quantitative estimate of drug-likeness (QED) is 0.775. The molecule has 0 spiro atoms. The van der Waals surface area contributed by atoms with E-state index in [4.69, 9.17) is 11.6 Å². The van der Waals surface area contributed by atoms with Gasteiger partial charge in [-0.2, -0.15) is 0 Å².